The lowest BCUT2D eigenvalue weighted by atomic mass is 9.84. The summed E-state index contributed by atoms with van der Waals surface area (Å²) >= 11 is 3.53. The van der Waals surface area contributed by atoms with Crippen molar-refractivity contribution in [3.8, 4) is 0 Å². The van der Waals surface area contributed by atoms with Gasteiger partial charge in [0.2, 0.25) is 0 Å². The van der Waals surface area contributed by atoms with Crippen LogP contribution in [0, 0.1) is 11.2 Å². The van der Waals surface area contributed by atoms with Gasteiger partial charge in [-0.05, 0) is 82.8 Å². The van der Waals surface area contributed by atoms with E-state index in [1.165, 1.54) is 0 Å². The second kappa shape index (κ2) is 8.70. The van der Waals surface area contributed by atoms with Crippen molar-refractivity contribution in [2.45, 2.75) is 94.5 Å². The topological polar surface area (TPSA) is 104 Å². The Bertz CT molecular complexity index is 1130. The Kier molecular flexibility index (Phi) is 6.68. The van der Waals surface area contributed by atoms with Crippen LogP contribution in [0.4, 0.5) is 9.18 Å². The van der Waals surface area contributed by atoms with Gasteiger partial charge in [-0.1, -0.05) is 38.9 Å². The largest absolute Gasteiger partial charge is 0.465 e. The fraction of sp³-hybridized carbons (Fsp3) is 0.708. The first-order chi connectivity index (χ1) is 16.2. The van der Waals surface area contributed by atoms with E-state index in [0.717, 1.165) is 36.2 Å². The third-order valence-electron chi connectivity index (χ3n) is 9.35. The van der Waals surface area contributed by atoms with Gasteiger partial charge in [-0.3, -0.25) is 19.2 Å². The van der Waals surface area contributed by atoms with Gasteiger partial charge < -0.3 is 5.11 Å². The minimum absolute atomic E-state index is 0.0449. The van der Waals surface area contributed by atoms with Crippen LogP contribution in [0.15, 0.2) is 15.7 Å². The molecular weight excluding hydrogens is 551 g/mol. The van der Waals surface area contributed by atoms with E-state index in [1.54, 1.807) is 20.8 Å². The van der Waals surface area contributed by atoms with Gasteiger partial charge in [0.25, 0.3) is 0 Å². The number of aromatic nitrogens is 1. The molecule has 2 atom stereocenters. The quantitative estimate of drug-likeness (QED) is 0.232. The monoisotopic (exact) mass is 588 g/mol. The molecule has 3 aliphatic rings. The van der Waals surface area contributed by atoms with Gasteiger partial charge in [-0.25, -0.2) is 14.2 Å². The lowest BCUT2D eigenvalue weighted by Gasteiger charge is -2.57. The number of rotatable bonds is 5. The summed E-state index contributed by atoms with van der Waals surface area (Å²) in [7, 11) is -5.42. The van der Waals surface area contributed by atoms with Crippen LogP contribution in [0.1, 0.15) is 66.5 Å². The summed E-state index contributed by atoms with van der Waals surface area (Å²) in [6.07, 6.45) is 1.45. The molecule has 3 N–H and O–H groups in total. The number of halogens is 2. The summed E-state index contributed by atoms with van der Waals surface area (Å²) in [5.74, 6) is -0.271. The molecule has 1 aromatic heterocycles. The number of nitrogens with zero attached hydrogens (tertiary/aromatic N) is 2. The Morgan fingerprint density at radius 1 is 1.29 bits per heavy atom. The van der Waals surface area contributed by atoms with E-state index >= 15 is 4.39 Å². The van der Waals surface area contributed by atoms with Gasteiger partial charge in [-0.2, -0.15) is 0 Å². The second-order valence-electron chi connectivity index (χ2n) is 11.3. The van der Waals surface area contributed by atoms with Crippen LogP contribution in [-0.4, -0.2) is 50.8 Å². The fourth-order valence-electron chi connectivity index (χ4n) is 6.34. The summed E-state index contributed by atoms with van der Waals surface area (Å²) in [6, 6.07) is 4.52. The second-order valence-corrected chi connectivity index (χ2v) is 20.7. The molecule has 4 rings (SSSR count). The molecule has 0 radical (unpaired) electrons. The van der Waals surface area contributed by atoms with Gasteiger partial charge in [0.1, 0.15) is 27.5 Å². The van der Waals surface area contributed by atoms with Crippen molar-refractivity contribution in [1.82, 2.24) is 15.0 Å². The fourth-order valence-corrected chi connectivity index (χ4v) is 14.5. The maximum absolute atomic E-state index is 16.6. The molecule has 196 valence electrons. The molecule has 1 saturated carbocycles. The lowest BCUT2D eigenvalue weighted by molar-refractivity contribution is 0.199. The molecule has 35 heavy (non-hydrogen) atoms. The molecule has 11 heteroatoms. The minimum Gasteiger partial charge on any atom is -0.465 e. The van der Waals surface area contributed by atoms with E-state index in [0.29, 0.717) is 17.6 Å². The molecule has 0 unspecified atom stereocenters. The smallest absolute Gasteiger partial charge is 0.410 e. The molecule has 1 saturated heterocycles. The highest BCUT2D eigenvalue weighted by atomic mass is 79.9. The zero-order valence-electron chi connectivity index (χ0n) is 21.5. The van der Waals surface area contributed by atoms with Crippen molar-refractivity contribution >= 4 is 51.2 Å². The van der Waals surface area contributed by atoms with E-state index in [1.807, 2.05) is 6.07 Å². The van der Waals surface area contributed by atoms with Gasteiger partial charge in [-0.15, -0.1) is 0 Å². The Morgan fingerprint density at radius 3 is 2.40 bits per heavy atom. The van der Waals surface area contributed by atoms with Gasteiger partial charge in [0.05, 0.1) is 18.1 Å². The van der Waals surface area contributed by atoms with Gasteiger partial charge in [0, 0.05) is 6.54 Å². The average molecular weight is 590 g/mol. The van der Waals surface area contributed by atoms with E-state index < -0.39 is 39.8 Å². The zero-order valence-corrected chi connectivity index (χ0v) is 24.9. The number of carboxylic acid groups (broad SMARTS) is 1. The number of aliphatic imine (C=N–C) groups is 1. The molecule has 1 amide bonds. The first-order valence-electron chi connectivity index (χ1n) is 12.6. The van der Waals surface area contributed by atoms with E-state index in [9.17, 15) is 14.1 Å². The van der Waals surface area contributed by atoms with Crippen molar-refractivity contribution in [1.29, 1.82) is 0 Å². The Hall–Kier alpha value is -1.17. The number of nitrogens with one attached hydrogen (secondary N) is 2. The maximum Gasteiger partial charge on any atom is 0.410 e. The Balaban J connectivity index is 2.01. The van der Waals surface area contributed by atoms with Crippen molar-refractivity contribution < 1.29 is 18.5 Å². The predicted octanol–water partition coefficient (Wildman–Crippen LogP) is 4.45. The molecular formula is C24H38BrFN4O3SSi. The zero-order chi connectivity index (χ0) is 26.0. The normalized spacial score (nSPS) is 29.1. The lowest BCUT2D eigenvalue weighted by Crippen LogP contribution is -2.72. The van der Waals surface area contributed by atoms with Crippen LogP contribution >= 0.6 is 15.9 Å². The summed E-state index contributed by atoms with van der Waals surface area (Å²) in [4.78, 5) is 21.2. The average Bonchev–Trinajstić information content (AvgIpc) is 3.56. The van der Waals surface area contributed by atoms with Crippen LogP contribution in [0.5, 0.6) is 0 Å². The number of carbonyl (C=O) groups is 1. The predicted molar refractivity (Wildman–Crippen MR) is 146 cm³/mol. The highest BCUT2D eigenvalue weighted by Crippen LogP contribution is 2.59. The maximum atomic E-state index is 16.6. The van der Waals surface area contributed by atoms with E-state index in [4.69, 9.17) is 4.99 Å². The number of amidine groups is 1. The number of pyridine rings is 1. The number of hydrogen-bond acceptors (Lipinski definition) is 4. The highest BCUT2D eigenvalue weighted by molar-refractivity contribution is 9.10. The molecule has 0 bridgehead atoms. The van der Waals surface area contributed by atoms with Crippen LogP contribution in [0.25, 0.3) is 0 Å². The van der Waals surface area contributed by atoms with Gasteiger partial charge >= 0.3 is 6.09 Å². The summed E-state index contributed by atoms with van der Waals surface area (Å²) in [5.41, 5.74) is -1.08. The molecule has 2 aliphatic heterocycles. The van der Waals surface area contributed by atoms with Crippen molar-refractivity contribution in [2.24, 2.45) is 10.4 Å². The first-order valence-corrected chi connectivity index (χ1v) is 17.8. The Labute approximate surface area is 217 Å². The van der Waals surface area contributed by atoms with Crippen LogP contribution < -0.4 is 15.2 Å². The van der Waals surface area contributed by atoms with Crippen LogP contribution in [0.2, 0.25) is 18.1 Å². The standard InChI is InChI=1S/C24H38BrFN4O3SSi/c1-7-35(8-2,9-3)15-12-17(25)28-19(18(15)26)23(6)16-13-24(10-11-24)14-27-34(16,33)22(4,5)20(30-23)29-21(31)32/h12,16,34H,7-11,13-14H2,1-6H3,(H,27,33)(H,29,30)(H,31,32)/t16-,23+/m1/s1. The van der Waals surface area contributed by atoms with Crippen molar-refractivity contribution in [3.05, 3.63) is 22.2 Å². The van der Waals surface area contributed by atoms with Crippen LogP contribution in [-0.2, 0) is 15.7 Å². The molecule has 1 aliphatic carbocycles. The number of fused-ring (bicyclic) bond motifs is 1. The molecule has 7 nitrogen and oxygen atoms in total. The minimum atomic E-state index is -3.29. The van der Waals surface area contributed by atoms with Crippen molar-refractivity contribution in [3.63, 3.8) is 0 Å². The number of hydrogen-bond donors (Lipinski definition) is 4. The number of amides is 1. The molecule has 0 aromatic carbocycles. The summed E-state index contributed by atoms with van der Waals surface area (Å²) in [5, 5.41) is 12.2. The highest BCUT2D eigenvalue weighted by Gasteiger charge is 2.64. The molecule has 1 spiro atoms. The van der Waals surface area contributed by atoms with E-state index in [-0.39, 0.29) is 22.8 Å². The molecule has 1 aromatic rings. The van der Waals surface area contributed by atoms with Crippen LogP contribution in [0.3, 0.4) is 0 Å². The third kappa shape index (κ3) is 3.95. The Morgan fingerprint density at radius 2 is 1.89 bits per heavy atom. The van der Waals surface area contributed by atoms with Crippen molar-refractivity contribution in [2.75, 3.05) is 6.54 Å². The number of thiol groups is 1. The third-order valence-corrected chi connectivity index (χ3v) is 19.4. The molecule has 2 fully saturated rings. The summed E-state index contributed by atoms with van der Waals surface area (Å²) < 4.78 is 34.3. The first kappa shape index (κ1) is 26.9. The van der Waals surface area contributed by atoms with Gasteiger partial charge in [0.15, 0.2) is 0 Å². The molecule has 3 heterocycles. The SMILES string of the molecule is CC[Si](CC)(CC)c1cc(Br)nc([C@@]2(C)N=C(NC(=O)O)C(C)(C)[SH]3(=O)NCC4(CC4)C[C@H]23)c1F. The summed E-state index contributed by atoms with van der Waals surface area (Å²) in [6.45, 7) is 12.3. The van der Waals surface area contributed by atoms with E-state index in [2.05, 4.69) is 51.7 Å².